The van der Waals surface area contributed by atoms with Crippen LogP contribution in [-0.4, -0.2) is 23.6 Å². The van der Waals surface area contributed by atoms with Gasteiger partial charge in [-0.25, -0.2) is 0 Å². The van der Waals surface area contributed by atoms with Crippen LogP contribution in [0.15, 0.2) is 5.16 Å². The van der Waals surface area contributed by atoms with E-state index in [1.165, 1.54) is 19.3 Å². The smallest absolute Gasteiger partial charge is 0.139 e. The molecule has 0 heterocycles. The molecule has 0 aromatic rings. The van der Waals surface area contributed by atoms with E-state index in [1.807, 2.05) is 0 Å². The summed E-state index contributed by atoms with van der Waals surface area (Å²) in [5.74, 6) is 1.97. The van der Waals surface area contributed by atoms with Crippen molar-refractivity contribution in [3.63, 3.8) is 0 Å². The predicted octanol–water partition coefficient (Wildman–Crippen LogP) is 2.32. The van der Waals surface area contributed by atoms with Crippen LogP contribution in [0, 0.1) is 11.8 Å². The number of unbranched alkanes of at least 4 members (excludes halogenated alkanes) is 1. The zero-order valence-corrected chi connectivity index (χ0v) is 11.2. The molecule has 17 heavy (non-hydrogen) atoms. The summed E-state index contributed by atoms with van der Waals surface area (Å²) in [5.41, 5.74) is 5.42. The highest BCUT2D eigenvalue weighted by Gasteiger charge is 2.26. The standard InChI is InChI=1S/C13H27N3O/c1-10-6-5-7-12(11(10)2)15-9-4-3-8-13(14)16-17/h10-12,15,17H,3-9H2,1-2H3,(H2,14,16). The maximum absolute atomic E-state index is 8.41. The third-order valence-electron chi connectivity index (χ3n) is 4.10. The van der Waals surface area contributed by atoms with Crippen molar-refractivity contribution >= 4 is 5.84 Å². The van der Waals surface area contributed by atoms with Gasteiger partial charge in [-0.1, -0.05) is 31.8 Å². The molecule has 0 aromatic heterocycles. The Morgan fingerprint density at radius 1 is 1.35 bits per heavy atom. The summed E-state index contributed by atoms with van der Waals surface area (Å²) >= 11 is 0. The van der Waals surface area contributed by atoms with Crippen molar-refractivity contribution in [2.45, 2.75) is 58.4 Å². The van der Waals surface area contributed by atoms with Crippen molar-refractivity contribution in [3.05, 3.63) is 0 Å². The second-order valence-corrected chi connectivity index (χ2v) is 5.38. The molecular weight excluding hydrogens is 214 g/mol. The van der Waals surface area contributed by atoms with Crippen LogP contribution in [0.4, 0.5) is 0 Å². The molecule has 3 atom stereocenters. The maximum Gasteiger partial charge on any atom is 0.139 e. The van der Waals surface area contributed by atoms with Crippen LogP contribution in [0.1, 0.15) is 52.4 Å². The van der Waals surface area contributed by atoms with Gasteiger partial charge in [0.25, 0.3) is 0 Å². The summed E-state index contributed by atoms with van der Waals surface area (Å²) < 4.78 is 0. The van der Waals surface area contributed by atoms with E-state index in [4.69, 9.17) is 10.9 Å². The fourth-order valence-corrected chi connectivity index (χ4v) is 2.64. The zero-order valence-electron chi connectivity index (χ0n) is 11.2. The average molecular weight is 241 g/mol. The zero-order chi connectivity index (χ0) is 12.7. The number of hydrogen-bond donors (Lipinski definition) is 3. The lowest BCUT2D eigenvalue weighted by atomic mass is 9.78. The molecule has 4 heteroatoms. The van der Waals surface area contributed by atoms with Crippen molar-refractivity contribution in [3.8, 4) is 0 Å². The summed E-state index contributed by atoms with van der Waals surface area (Å²) in [4.78, 5) is 0. The van der Waals surface area contributed by atoms with Gasteiger partial charge in [0, 0.05) is 12.5 Å². The van der Waals surface area contributed by atoms with Gasteiger partial charge in [-0.3, -0.25) is 0 Å². The number of amidine groups is 1. The van der Waals surface area contributed by atoms with E-state index in [0.717, 1.165) is 31.2 Å². The normalized spacial score (nSPS) is 30.5. The lowest BCUT2D eigenvalue weighted by Gasteiger charge is -2.34. The van der Waals surface area contributed by atoms with E-state index >= 15 is 0 Å². The molecule has 0 amide bonds. The Kier molecular flexibility index (Phi) is 6.34. The summed E-state index contributed by atoms with van der Waals surface area (Å²) in [6.07, 6.45) is 6.81. The molecule has 1 aliphatic rings. The van der Waals surface area contributed by atoms with Crippen molar-refractivity contribution in [2.75, 3.05) is 6.54 Å². The first kappa shape index (κ1) is 14.3. The van der Waals surface area contributed by atoms with Gasteiger partial charge >= 0.3 is 0 Å². The minimum Gasteiger partial charge on any atom is -0.409 e. The number of oxime groups is 1. The molecule has 0 spiro atoms. The van der Waals surface area contributed by atoms with Crippen LogP contribution < -0.4 is 11.1 Å². The highest BCUT2D eigenvalue weighted by Crippen LogP contribution is 2.29. The molecule has 1 saturated carbocycles. The van der Waals surface area contributed by atoms with Gasteiger partial charge in [-0.15, -0.1) is 0 Å². The highest BCUT2D eigenvalue weighted by molar-refractivity contribution is 5.79. The Balaban J connectivity index is 2.09. The van der Waals surface area contributed by atoms with E-state index in [-0.39, 0.29) is 0 Å². The third-order valence-corrected chi connectivity index (χ3v) is 4.10. The van der Waals surface area contributed by atoms with Crippen LogP contribution in [0.5, 0.6) is 0 Å². The van der Waals surface area contributed by atoms with Crippen LogP contribution in [0.3, 0.4) is 0 Å². The maximum atomic E-state index is 8.41. The lowest BCUT2D eigenvalue weighted by molar-refractivity contribution is 0.207. The summed E-state index contributed by atoms with van der Waals surface area (Å²) in [5, 5.41) is 15.0. The molecule has 3 unspecified atom stereocenters. The fraction of sp³-hybridized carbons (Fsp3) is 0.923. The fourth-order valence-electron chi connectivity index (χ4n) is 2.64. The Morgan fingerprint density at radius 2 is 2.12 bits per heavy atom. The Hall–Kier alpha value is -0.770. The molecule has 0 saturated heterocycles. The SMILES string of the molecule is CC1CCCC(NCCCCC(N)=NO)C1C. The van der Waals surface area contributed by atoms with E-state index in [9.17, 15) is 0 Å². The minimum atomic E-state index is 0.338. The average Bonchev–Trinajstić information content (AvgIpc) is 2.33. The summed E-state index contributed by atoms with van der Waals surface area (Å²) in [7, 11) is 0. The number of nitrogens with zero attached hydrogens (tertiary/aromatic N) is 1. The van der Waals surface area contributed by atoms with Gasteiger partial charge in [0.2, 0.25) is 0 Å². The number of hydrogen-bond acceptors (Lipinski definition) is 3. The molecular formula is C13H27N3O. The van der Waals surface area contributed by atoms with Gasteiger partial charge in [-0.2, -0.15) is 0 Å². The Morgan fingerprint density at radius 3 is 2.82 bits per heavy atom. The van der Waals surface area contributed by atoms with Gasteiger partial charge in [0.05, 0.1) is 0 Å². The Bertz CT molecular complexity index is 243. The first-order chi connectivity index (χ1) is 8.15. The first-order valence-electron chi connectivity index (χ1n) is 6.85. The number of nitrogens with one attached hydrogen (secondary N) is 1. The molecule has 0 radical (unpaired) electrons. The second-order valence-electron chi connectivity index (χ2n) is 5.38. The third kappa shape index (κ3) is 4.94. The molecule has 0 aromatic carbocycles. The predicted molar refractivity (Wildman–Crippen MR) is 71.2 cm³/mol. The van der Waals surface area contributed by atoms with Crippen LogP contribution in [-0.2, 0) is 0 Å². The molecule has 1 aliphatic carbocycles. The van der Waals surface area contributed by atoms with E-state index in [2.05, 4.69) is 24.3 Å². The van der Waals surface area contributed by atoms with Crippen LogP contribution in [0.2, 0.25) is 0 Å². The van der Waals surface area contributed by atoms with Crippen LogP contribution >= 0.6 is 0 Å². The van der Waals surface area contributed by atoms with Crippen LogP contribution in [0.25, 0.3) is 0 Å². The number of rotatable bonds is 6. The van der Waals surface area contributed by atoms with E-state index in [1.54, 1.807) is 0 Å². The monoisotopic (exact) mass is 241 g/mol. The summed E-state index contributed by atoms with van der Waals surface area (Å²) in [6.45, 7) is 5.76. The van der Waals surface area contributed by atoms with E-state index < -0.39 is 0 Å². The van der Waals surface area contributed by atoms with Crippen molar-refractivity contribution in [2.24, 2.45) is 22.7 Å². The highest BCUT2D eigenvalue weighted by atomic mass is 16.4. The molecule has 0 aliphatic heterocycles. The largest absolute Gasteiger partial charge is 0.409 e. The first-order valence-corrected chi connectivity index (χ1v) is 6.85. The minimum absolute atomic E-state index is 0.338. The van der Waals surface area contributed by atoms with Crippen molar-refractivity contribution < 1.29 is 5.21 Å². The molecule has 1 fully saturated rings. The molecule has 4 nitrogen and oxygen atoms in total. The topological polar surface area (TPSA) is 70.6 Å². The molecule has 1 rings (SSSR count). The molecule has 0 bridgehead atoms. The summed E-state index contributed by atoms with van der Waals surface area (Å²) in [6, 6.07) is 0.683. The van der Waals surface area contributed by atoms with Gasteiger partial charge in [0.15, 0.2) is 0 Å². The van der Waals surface area contributed by atoms with E-state index in [0.29, 0.717) is 18.3 Å². The molecule has 100 valence electrons. The molecule has 4 N–H and O–H groups in total. The second kappa shape index (κ2) is 7.54. The van der Waals surface area contributed by atoms with Gasteiger partial charge in [-0.05, 0) is 37.6 Å². The Labute approximate surface area is 105 Å². The van der Waals surface area contributed by atoms with Gasteiger partial charge in [0.1, 0.15) is 5.84 Å². The lowest BCUT2D eigenvalue weighted by Crippen LogP contribution is -2.41. The van der Waals surface area contributed by atoms with Crippen molar-refractivity contribution in [1.29, 1.82) is 0 Å². The van der Waals surface area contributed by atoms with Gasteiger partial charge < -0.3 is 16.3 Å². The number of nitrogens with two attached hydrogens (primary N) is 1. The quantitative estimate of drug-likeness (QED) is 0.220. The van der Waals surface area contributed by atoms with Crippen molar-refractivity contribution in [1.82, 2.24) is 5.32 Å².